The minimum atomic E-state index is 0.515. The number of nitrogens with zero attached hydrogens (tertiary/aromatic N) is 3. The number of rotatable bonds is 5. The van der Waals surface area contributed by atoms with Crippen LogP contribution in [-0.2, 0) is 0 Å². The molecule has 0 spiro atoms. The maximum absolute atomic E-state index is 6.66. The summed E-state index contributed by atoms with van der Waals surface area (Å²) in [5.74, 6) is 2.25. The van der Waals surface area contributed by atoms with Gasteiger partial charge in [-0.25, -0.2) is 15.0 Å². The second-order valence-electron chi connectivity index (χ2n) is 11.8. The highest BCUT2D eigenvalue weighted by atomic mass is 16.3. The largest absolute Gasteiger partial charge is 0.456 e. The van der Waals surface area contributed by atoms with Gasteiger partial charge in [0, 0.05) is 27.5 Å². The van der Waals surface area contributed by atoms with Crippen LogP contribution in [0.25, 0.3) is 95.0 Å². The van der Waals surface area contributed by atoms with Gasteiger partial charge < -0.3 is 14.6 Å². The van der Waals surface area contributed by atoms with Crippen molar-refractivity contribution in [1.82, 2.24) is 15.0 Å². The van der Waals surface area contributed by atoms with E-state index < -0.39 is 0 Å². The Morgan fingerprint density at radius 3 is 1.98 bits per heavy atom. The van der Waals surface area contributed by atoms with Crippen LogP contribution in [0.5, 0.6) is 0 Å². The molecule has 0 atom stereocenters. The average Bonchev–Trinajstić information content (AvgIpc) is 3.68. The van der Waals surface area contributed by atoms with Crippen molar-refractivity contribution in [2.24, 2.45) is 0 Å². The Hall–Kier alpha value is -6.53. The normalized spacial score (nSPS) is 11.9. The lowest BCUT2D eigenvalue weighted by Crippen LogP contribution is -2.01. The van der Waals surface area contributed by atoms with Crippen LogP contribution in [0.3, 0.4) is 0 Å². The first-order chi connectivity index (χ1) is 23.7. The van der Waals surface area contributed by atoms with E-state index in [-0.39, 0.29) is 0 Å². The molecule has 0 saturated heterocycles. The van der Waals surface area contributed by atoms with E-state index in [1.807, 2.05) is 91.9 Å². The van der Waals surface area contributed by atoms with Crippen LogP contribution in [0.4, 0.5) is 5.69 Å². The minimum absolute atomic E-state index is 0.515. The zero-order valence-electron chi connectivity index (χ0n) is 26.0. The molecule has 0 aliphatic carbocycles. The van der Waals surface area contributed by atoms with Gasteiger partial charge >= 0.3 is 0 Å². The van der Waals surface area contributed by atoms with E-state index in [2.05, 4.69) is 54.6 Å². The topological polar surface area (TPSA) is 91.0 Å². The van der Waals surface area contributed by atoms with Crippen molar-refractivity contribution < 1.29 is 8.83 Å². The highest BCUT2D eigenvalue weighted by Crippen LogP contribution is 2.42. The van der Waals surface area contributed by atoms with Gasteiger partial charge in [0.05, 0.1) is 11.1 Å². The van der Waals surface area contributed by atoms with Crippen molar-refractivity contribution in [1.29, 1.82) is 0 Å². The molecule has 9 rings (SSSR count). The Labute approximate surface area is 275 Å². The van der Waals surface area contributed by atoms with E-state index in [1.54, 1.807) is 0 Å². The van der Waals surface area contributed by atoms with Crippen LogP contribution in [-0.4, -0.2) is 15.0 Å². The Morgan fingerprint density at radius 1 is 0.521 bits per heavy atom. The van der Waals surface area contributed by atoms with Crippen molar-refractivity contribution in [2.75, 3.05) is 5.73 Å². The summed E-state index contributed by atoms with van der Waals surface area (Å²) in [7, 11) is 0. The van der Waals surface area contributed by atoms with Gasteiger partial charge in [-0.1, -0.05) is 103 Å². The number of hydrogen-bond donors (Lipinski definition) is 1. The van der Waals surface area contributed by atoms with E-state index in [9.17, 15) is 0 Å². The molecule has 0 radical (unpaired) electrons. The first-order valence-electron chi connectivity index (χ1n) is 15.9. The Balaban J connectivity index is 1.32. The molecule has 0 aliphatic heterocycles. The Kier molecular flexibility index (Phi) is 6.40. The highest BCUT2D eigenvalue weighted by molar-refractivity contribution is 6.15. The number of benzene rings is 6. The van der Waals surface area contributed by atoms with Crippen LogP contribution < -0.4 is 5.73 Å². The number of anilines is 1. The summed E-state index contributed by atoms with van der Waals surface area (Å²) in [6.45, 7) is 1.94. The minimum Gasteiger partial charge on any atom is -0.456 e. The summed E-state index contributed by atoms with van der Waals surface area (Å²) in [6.07, 6.45) is 3.78. The van der Waals surface area contributed by atoms with Gasteiger partial charge in [0.1, 0.15) is 16.7 Å². The summed E-state index contributed by atoms with van der Waals surface area (Å²) >= 11 is 0. The molecular weight excluding hydrogens is 592 g/mol. The molecule has 6 aromatic carbocycles. The van der Waals surface area contributed by atoms with Crippen LogP contribution in [0, 0.1) is 0 Å². The highest BCUT2D eigenvalue weighted by Gasteiger charge is 2.20. The summed E-state index contributed by atoms with van der Waals surface area (Å²) in [5.41, 5.74) is 14.3. The van der Waals surface area contributed by atoms with Gasteiger partial charge in [-0.2, -0.15) is 0 Å². The van der Waals surface area contributed by atoms with E-state index in [0.29, 0.717) is 34.5 Å². The second kappa shape index (κ2) is 11.1. The van der Waals surface area contributed by atoms with Crippen LogP contribution in [0.15, 0.2) is 142 Å². The zero-order valence-corrected chi connectivity index (χ0v) is 26.0. The third kappa shape index (κ3) is 4.46. The lowest BCUT2D eigenvalue weighted by Gasteiger charge is -2.13. The number of fused-ring (bicyclic) bond motifs is 5. The number of allylic oxidation sites excluding steroid dienone is 1. The molecule has 2 N–H and O–H groups in total. The van der Waals surface area contributed by atoms with Crippen LogP contribution in [0.2, 0.25) is 0 Å². The number of aromatic nitrogens is 3. The molecule has 0 bridgehead atoms. The molecule has 48 heavy (non-hydrogen) atoms. The van der Waals surface area contributed by atoms with Crippen molar-refractivity contribution in [3.8, 4) is 45.3 Å². The lowest BCUT2D eigenvalue weighted by atomic mass is 9.92. The second-order valence-corrected chi connectivity index (χ2v) is 11.8. The summed E-state index contributed by atoms with van der Waals surface area (Å²) in [6, 6.07) is 43.0. The van der Waals surface area contributed by atoms with Gasteiger partial charge in [0.2, 0.25) is 0 Å². The molecule has 0 aliphatic rings. The standard InChI is InChI=1S/C42H28N4O2/c1-2-12-36-39(43)38-31(19-11-22-35(38)48-36)42-45-40(25-13-4-3-5-14-25)44-41(46-42)27-23-26-15-6-7-16-28(26)32(24-27)29-18-10-21-34-37(29)30-17-8-9-20-33(30)47-34/h2-24H,43H2,1H3/b12-2-. The van der Waals surface area contributed by atoms with Crippen molar-refractivity contribution >= 4 is 55.4 Å². The quantitative estimate of drug-likeness (QED) is 0.206. The number of furan rings is 2. The molecule has 6 nitrogen and oxygen atoms in total. The maximum atomic E-state index is 6.66. The van der Waals surface area contributed by atoms with Crippen LogP contribution >= 0.6 is 0 Å². The van der Waals surface area contributed by atoms with Gasteiger partial charge in [-0.3, -0.25) is 0 Å². The fourth-order valence-corrected chi connectivity index (χ4v) is 6.66. The third-order valence-electron chi connectivity index (χ3n) is 8.82. The Bertz CT molecular complexity index is 2700. The summed E-state index contributed by atoms with van der Waals surface area (Å²) in [5, 5.41) is 5.14. The first-order valence-corrected chi connectivity index (χ1v) is 15.9. The van der Waals surface area contributed by atoms with Crippen molar-refractivity contribution in [2.45, 2.75) is 6.92 Å². The molecule has 0 fully saturated rings. The molecule has 3 heterocycles. The smallest absolute Gasteiger partial charge is 0.164 e. The zero-order chi connectivity index (χ0) is 32.2. The van der Waals surface area contributed by atoms with E-state index in [4.69, 9.17) is 29.5 Å². The Morgan fingerprint density at radius 2 is 1.17 bits per heavy atom. The first kappa shape index (κ1) is 27.8. The SMILES string of the molecule is C/C=C\c1oc2cccc(-c3nc(-c4ccccc4)nc(-c4cc(-c5cccc6oc7ccccc7c56)c5ccccc5c4)n3)c2c1N. The molecule has 0 amide bonds. The molecule has 0 unspecified atom stereocenters. The predicted octanol–water partition coefficient (Wildman–Crippen LogP) is 11.0. The third-order valence-corrected chi connectivity index (χ3v) is 8.82. The monoisotopic (exact) mass is 620 g/mol. The van der Waals surface area contributed by atoms with Crippen molar-refractivity contribution in [3.63, 3.8) is 0 Å². The van der Waals surface area contributed by atoms with E-state index in [1.165, 1.54) is 0 Å². The van der Waals surface area contributed by atoms with Gasteiger partial charge in [-0.15, -0.1) is 0 Å². The van der Waals surface area contributed by atoms with Crippen molar-refractivity contribution in [3.05, 3.63) is 139 Å². The summed E-state index contributed by atoms with van der Waals surface area (Å²) < 4.78 is 12.4. The van der Waals surface area contributed by atoms with E-state index in [0.717, 1.165) is 65.9 Å². The lowest BCUT2D eigenvalue weighted by molar-refractivity contribution is 0.606. The molecule has 9 aromatic rings. The predicted molar refractivity (Wildman–Crippen MR) is 195 cm³/mol. The molecule has 0 saturated carbocycles. The number of nitrogens with two attached hydrogens (primary N) is 1. The fourth-order valence-electron chi connectivity index (χ4n) is 6.66. The van der Waals surface area contributed by atoms with Gasteiger partial charge in [0.25, 0.3) is 0 Å². The fraction of sp³-hybridized carbons (Fsp3) is 0.0238. The van der Waals surface area contributed by atoms with Crippen LogP contribution in [0.1, 0.15) is 12.7 Å². The number of hydrogen-bond acceptors (Lipinski definition) is 6. The van der Waals surface area contributed by atoms with E-state index >= 15 is 0 Å². The average molecular weight is 621 g/mol. The van der Waals surface area contributed by atoms with Gasteiger partial charge in [-0.05, 0) is 65.2 Å². The molecule has 6 heteroatoms. The van der Waals surface area contributed by atoms with Gasteiger partial charge in [0.15, 0.2) is 23.2 Å². The molecule has 228 valence electrons. The summed E-state index contributed by atoms with van der Waals surface area (Å²) in [4.78, 5) is 15.2. The molecule has 3 aromatic heterocycles. The molecular formula is C42H28N4O2. The maximum Gasteiger partial charge on any atom is 0.164 e. The number of nitrogen functional groups attached to an aromatic ring is 1. The number of para-hydroxylation sites is 1.